The van der Waals surface area contributed by atoms with Crippen LogP contribution >= 0.6 is 0 Å². The molecule has 1 unspecified atom stereocenters. The number of hydrogen-bond donors (Lipinski definition) is 0. The van der Waals surface area contributed by atoms with Crippen LogP contribution in [0.3, 0.4) is 0 Å². The van der Waals surface area contributed by atoms with Crippen LogP contribution in [0, 0.1) is 11.8 Å². The Balaban J connectivity index is 1.54. The Morgan fingerprint density at radius 1 is 1.19 bits per heavy atom. The van der Waals surface area contributed by atoms with Gasteiger partial charge in [-0.15, -0.1) is 0 Å². The molecule has 32 heavy (non-hydrogen) atoms. The number of aliphatic imine (C=N–C) groups is 1. The number of alkyl halides is 2. The highest BCUT2D eigenvalue weighted by Gasteiger charge is 2.39. The summed E-state index contributed by atoms with van der Waals surface area (Å²) in [5, 5.41) is 0. The zero-order valence-corrected chi connectivity index (χ0v) is 19.9. The Hall–Kier alpha value is -1.78. The molecule has 2 fully saturated rings. The first-order chi connectivity index (χ1) is 15.3. The second kappa shape index (κ2) is 11.4. The second-order valence-electron chi connectivity index (χ2n) is 10.3. The van der Waals surface area contributed by atoms with Gasteiger partial charge in [-0.05, 0) is 49.8 Å². The zero-order chi connectivity index (χ0) is 23.0. The van der Waals surface area contributed by atoms with E-state index in [1.54, 1.807) is 4.90 Å². The number of carbonyl (C=O) groups is 1. The molecular weight excluding hydrogens is 406 g/mol. The Kier molecular flexibility index (Phi) is 8.84. The van der Waals surface area contributed by atoms with Crippen molar-refractivity contribution in [3.63, 3.8) is 0 Å². The van der Waals surface area contributed by atoms with Crippen LogP contribution < -0.4 is 0 Å². The molecule has 0 saturated heterocycles. The maximum absolute atomic E-state index is 13.5. The van der Waals surface area contributed by atoms with E-state index in [4.69, 9.17) is 0 Å². The molecule has 0 radical (unpaired) electrons. The van der Waals surface area contributed by atoms with E-state index in [0.717, 1.165) is 25.3 Å². The van der Waals surface area contributed by atoms with Crippen LogP contribution in [0.25, 0.3) is 0 Å². The number of carbonyl (C=O) groups excluding carboxylic acids is 1. The molecular formula is C27H40F2N2O. The lowest BCUT2D eigenvalue weighted by atomic mass is 9.78. The smallest absolute Gasteiger partial charge is 0.248 e. The van der Waals surface area contributed by atoms with E-state index in [2.05, 4.69) is 30.3 Å². The first-order valence-corrected chi connectivity index (χ1v) is 12.5. The van der Waals surface area contributed by atoms with Crippen molar-refractivity contribution in [2.75, 3.05) is 20.1 Å². The lowest BCUT2D eigenvalue weighted by molar-refractivity contribution is -0.139. The summed E-state index contributed by atoms with van der Waals surface area (Å²) in [6, 6.07) is 10.3. The van der Waals surface area contributed by atoms with E-state index in [-0.39, 0.29) is 42.9 Å². The van der Waals surface area contributed by atoms with Gasteiger partial charge in [0.15, 0.2) is 0 Å². The van der Waals surface area contributed by atoms with Crippen molar-refractivity contribution < 1.29 is 13.6 Å². The van der Waals surface area contributed by atoms with Crippen LogP contribution in [-0.2, 0) is 10.2 Å². The molecule has 178 valence electrons. The Morgan fingerprint density at radius 3 is 2.50 bits per heavy atom. The van der Waals surface area contributed by atoms with E-state index in [0.29, 0.717) is 6.54 Å². The third kappa shape index (κ3) is 7.11. The van der Waals surface area contributed by atoms with Crippen LogP contribution in [0.5, 0.6) is 0 Å². The van der Waals surface area contributed by atoms with E-state index in [1.807, 2.05) is 25.2 Å². The van der Waals surface area contributed by atoms with Crippen molar-refractivity contribution in [1.29, 1.82) is 0 Å². The molecule has 1 aromatic carbocycles. The quantitative estimate of drug-likeness (QED) is 0.276. The lowest BCUT2D eigenvalue weighted by Crippen LogP contribution is -2.44. The van der Waals surface area contributed by atoms with Gasteiger partial charge in [0.25, 0.3) is 0 Å². The van der Waals surface area contributed by atoms with Gasteiger partial charge in [0.2, 0.25) is 11.8 Å². The maximum atomic E-state index is 13.5. The first kappa shape index (κ1) is 24.9. The van der Waals surface area contributed by atoms with Crippen LogP contribution in [0.15, 0.2) is 35.3 Å². The number of nitrogens with zero attached hydrogens (tertiary/aromatic N) is 2. The van der Waals surface area contributed by atoms with E-state index < -0.39 is 5.92 Å². The lowest BCUT2D eigenvalue weighted by Gasteiger charge is -2.37. The fraction of sp³-hybridized carbons (Fsp3) is 0.704. The van der Waals surface area contributed by atoms with Crippen molar-refractivity contribution in [3.8, 4) is 0 Å². The summed E-state index contributed by atoms with van der Waals surface area (Å²) in [5.41, 5.74) is 0.961. The molecule has 3 nitrogen and oxygen atoms in total. The predicted molar refractivity (Wildman–Crippen MR) is 128 cm³/mol. The molecule has 0 N–H and O–H groups in total. The van der Waals surface area contributed by atoms with Crippen molar-refractivity contribution in [2.45, 2.75) is 88.9 Å². The average molecular weight is 447 g/mol. The number of rotatable bonds is 11. The molecule has 1 atom stereocenters. The molecule has 1 amide bonds. The van der Waals surface area contributed by atoms with Crippen LogP contribution in [-0.4, -0.2) is 43.1 Å². The van der Waals surface area contributed by atoms with Gasteiger partial charge in [0, 0.05) is 44.3 Å². The molecule has 2 saturated carbocycles. The monoisotopic (exact) mass is 446 g/mol. The number of amides is 1. The summed E-state index contributed by atoms with van der Waals surface area (Å²) in [7, 11) is 1.82. The topological polar surface area (TPSA) is 32.7 Å². The van der Waals surface area contributed by atoms with Gasteiger partial charge < -0.3 is 4.90 Å². The molecule has 2 aliphatic carbocycles. The molecule has 0 bridgehead atoms. The van der Waals surface area contributed by atoms with E-state index in [1.165, 1.54) is 37.7 Å². The fourth-order valence-electron chi connectivity index (χ4n) is 5.13. The molecule has 0 heterocycles. The minimum Gasteiger partial charge on any atom is -0.345 e. The van der Waals surface area contributed by atoms with Crippen LogP contribution in [0.1, 0.15) is 83.1 Å². The van der Waals surface area contributed by atoms with Gasteiger partial charge in [-0.1, -0.05) is 62.9 Å². The third-order valence-electron chi connectivity index (χ3n) is 7.59. The van der Waals surface area contributed by atoms with Crippen molar-refractivity contribution >= 4 is 12.1 Å². The van der Waals surface area contributed by atoms with Crippen LogP contribution in [0.4, 0.5) is 8.78 Å². The number of unbranched alkanes of at least 4 members (excludes halogenated alkanes) is 1. The van der Waals surface area contributed by atoms with Crippen molar-refractivity contribution in [2.24, 2.45) is 16.8 Å². The summed E-state index contributed by atoms with van der Waals surface area (Å²) < 4.78 is 27.0. The predicted octanol–water partition coefficient (Wildman–Crippen LogP) is 6.66. The minimum absolute atomic E-state index is 0.00199. The van der Waals surface area contributed by atoms with Crippen molar-refractivity contribution in [3.05, 3.63) is 35.9 Å². The largest absolute Gasteiger partial charge is 0.345 e. The highest BCUT2D eigenvalue weighted by molar-refractivity contribution is 5.78. The molecule has 0 spiro atoms. The highest BCUT2D eigenvalue weighted by Crippen LogP contribution is 2.37. The average Bonchev–Trinajstić information content (AvgIpc) is 2.74. The van der Waals surface area contributed by atoms with Gasteiger partial charge >= 0.3 is 0 Å². The maximum Gasteiger partial charge on any atom is 0.248 e. The molecule has 2 aliphatic rings. The molecule has 0 aromatic heterocycles. The third-order valence-corrected chi connectivity index (χ3v) is 7.59. The Labute approximate surface area is 192 Å². The Morgan fingerprint density at radius 2 is 1.88 bits per heavy atom. The van der Waals surface area contributed by atoms with Gasteiger partial charge in [-0.25, -0.2) is 8.78 Å². The van der Waals surface area contributed by atoms with Gasteiger partial charge in [0.1, 0.15) is 0 Å². The normalized spacial score (nSPS) is 21.2. The fourth-order valence-corrected chi connectivity index (χ4v) is 5.13. The summed E-state index contributed by atoms with van der Waals surface area (Å²) in [6.07, 6.45) is 10.9. The summed E-state index contributed by atoms with van der Waals surface area (Å²) in [6.45, 7) is 3.49. The molecule has 3 rings (SSSR count). The SMILES string of the molecule is CN(CC(C)(CCN=CCCCC1CCC1)c1ccccc1)C(=O)C1CCC(F)(F)CC1. The van der Waals surface area contributed by atoms with E-state index in [9.17, 15) is 13.6 Å². The Bertz CT molecular complexity index is 737. The summed E-state index contributed by atoms with van der Waals surface area (Å²) in [5.74, 6) is -1.94. The van der Waals surface area contributed by atoms with Crippen LogP contribution in [0.2, 0.25) is 0 Å². The van der Waals surface area contributed by atoms with Crippen molar-refractivity contribution in [1.82, 2.24) is 4.90 Å². The van der Waals surface area contributed by atoms with Gasteiger partial charge in [-0.2, -0.15) is 0 Å². The number of likely N-dealkylation sites (N-methyl/N-ethyl adjacent to an activating group) is 1. The first-order valence-electron chi connectivity index (χ1n) is 12.5. The highest BCUT2D eigenvalue weighted by atomic mass is 19.3. The van der Waals surface area contributed by atoms with E-state index >= 15 is 0 Å². The standard InChI is InChI=1S/C27H40F2N2O/c1-26(24-12-4-3-5-13-24,18-20-30-19-7-6-9-22-10-8-11-22)21-31(2)25(32)23-14-16-27(28,29)17-15-23/h3-5,12-13,19,22-23H,6-11,14-18,20-21H2,1-2H3. The summed E-state index contributed by atoms with van der Waals surface area (Å²) >= 11 is 0. The molecule has 0 aliphatic heterocycles. The van der Waals surface area contributed by atoms with Gasteiger partial charge in [-0.3, -0.25) is 9.79 Å². The number of halogens is 2. The molecule has 5 heteroatoms. The number of hydrogen-bond acceptors (Lipinski definition) is 2. The van der Waals surface area contributed by atoms with Gasteiger partial charge in [0.05, 0.1) is 0 Å². The summed E-state index contributed by atoms with van der Waals surface area (Å²) in [4.78, 5) is 19.4. The minimum atomic E-state index is -2.61. The number of benzene rings is 1. The molecule has 1 aromatic rings. The zero-order valence-electron chi connectivity index (χ0n) is 19.9. The second-order valence-corrected chi connectivity index (χ2v) is 10.3.